The van der Waals surface area contributed by atoms with E-state index in [2.05, 4.69) is 20.4 Å². The van der Waals surface area contributed by atoms with E-state index in [1.807, 2.05) is 43.3 Å². The third-order valence-corrected chi connectivity index (χ3v) is 6.14. The van der Waals surface area contributed by atoms with Crippen LogP contribution < -0.4 is 10.9 Å². The van der Waals surface area contributed by atoms with Crippen molar-refractivity contribution in [2.75, 3.05) is 18.4 Å². The summed E-state index contributed by atoms with van der Waals surface area (Å²) in [4.78, 5) is 46.7. The second-order valence-corrected chi connectivity index (χ2v) is 8.49. The summed E-state index contributed by atoms with van der Waals surface area (Å²) < 4.78 is 1.54. The van der Waals surface area contributed by atoms with Crippen LogP contribution in [0.2, 0.25) is 0 Å². The molecular weight excluding hydrogens is 432 g/mol. The largest absolute Gasteiger partial charge is 0.338 e. The van der Waals surface area contributed by atoms with Gasteiger partial charge in [0.05, 0.1) is 29.8 Å². The molecule has 0 spiro atoms. The lowest BCUT2D eigenvalue weighted by molar-refractivity contribution is -0.121. The maximum atomic E-state index is 13.2. The second kappa shape index (κ2) is 8.93. The zero-order valence-corrected chi connectivity index (χ0v) is 18.7. The number of para-hydroxylation sites is 2. The van der Waals surface area contributed by atoms with Crippen molar-refractivity contribution >= 4 is 28.5 Å². The van der Waals surface area contributed by atoms with E-state index < -0.39 is 0 Å². The van der Waals surface area contributed by atoms with Gasteiger partial charge in [-0.05, 0) is 44.0 Å². The van der Waals surface area contributed by atoms with Crippen LogP contribution in [0, 0.1) is 12.8 Å². The van der Waals surface area contributed by atoms with Crippen LogP contribution >= 0.6 is 0 Å². The van der Waals surface area contributed by atoms with Crippen LogP contribution in [0.3, 0.4) is 0 Å². The number of aromatic nitrogens is 4. The van der Waals surface area contributed by atoms with E-state index in [0.717, 1.165) is 12.0 Å². The Labute approximate surface area is 195 Å². The van der Waals surface area contributed by atoms with Crippen molar-refractivity contribution in [2.45, 2.75) is 19.8 Å². The average molecular weight is 457 g/mol. The van der Waals surface area contributed by atoms with Crippen LogP contribution in [-0.4, -0.2) is 49.6 Å². The number of rotatable bonds is 4. The van der Waals surface area contributed by atoms with E-state index >= 15 is 0 Å². The summed E-state index contributed by atoms with van der Waals surface area (Å²) in [5.74, 6) is -0.542. The van der Waals surface area contributed by atoms with Gasteiger partial charge in [0.15, 0.2) is 5.65 Å². The molecular formula is C25H24N6O3. The lowest BCUT2D eigenvalue weighted by atomic mass is 9.96. The first kappa shape index (κ1) is 21.6. The third-order valence-electron chi connectivity index (χ3n) is 6.14. The number of benzene rings is 2. The molecule has 172 valence electrons. The molecule has 0 saturated carbocycles. The molecule has 5 rings (SSSR count). The Kier molecular flexibility index (Phi) is 5.67. The summed E-state index contributed by atoms with van der Waals surface area (Å²) in [5.41, 5.74) is 3.01. The number of anilines is 1. The van der Waals surface area contributed by atoms with Crippen molar-refractivity contribution in [3.63, 3.8) is 0 Å². The Hall–Kier alpha value is -4.27. The fraction of sp³-hybridized carbons (Fsp3) is 0.240. The molecule has 1 atom stereocenters. The van der Waals surface area contributed by atoms with Crippen LogP contribution in [0.5, 0.6) is 0 Å². The molecule has 1 aliphatic rings. The van der Waals surface area contributed by atoms with E-state index in [-0.39, 0.29) is 23.3 Å². The Morgan fingerprint density at radius 2 is 1.91 bits per heavy atom. The highest BCUT2D eigenvalue weighted by atomic mass is 16.2. The number of hydrogen-bond acceptors (Lipinski definition) is 5. The van der Waals surface area contributed by atoms with Crippen molar-refractivity contribution in [3.05, 3.63) is 82.5 Å². The molecule has 1 fully saturated rings. The minimum atomic E-state index is -0.327. The molecule has 1 aliphatic heterocycles. The number of amides is 2. The molecule has 9 heteroatoms. The standard InChI is InChI=1S/C25H24N6O3/c1-16-8-10-17(11-9-16)25(34)30-12-4-5-18(14-30)23(32)29-20-6-2-3-7-21(20)31-22-19(13-28-31)24(33)27-15-26-22/h2-3,6-11,13,15,18H,4-5,12,14H2,1H3,(H,29,32)(H,26,27,33). The van der Waals surface area contributed by atoms with Gasteiger partial charge in [-0.1, -0.05) is 29.8 Å². The van der Waals surface area contributed by atoms with Crippen LogP contribution in [-0.2, 0) is 4.79 Å². The number of fused-ring (bicyclic) bond motifs is 1. The number of nitrogens with zero attached hydrogens (tertiary/aromatic N) is 4. The van der Waals surface area contributed by atoms with Crippen LogP contribution in [0.4, 0.5) is 5.69 Å². The molecule has 9 nitrogen and oxygen atoms in total. The molecule has 2 N–H and O–H groups in total. The minimum absolute atomic E-state index is 0.0581. The van der Waals surface area contributed by atoms with Gasteiger partial charge in [0, 0.05) is 18.7 Å². The maximum absolute atomic E-state index is 13.2. The number of carbonyl (C=O) groups excluding carboxylic acids is 2. The molecule has 3 heterocycles. The molecule has 2 aromatic heterocycles. The smallest absolute Gasteiger partial charge is 0.261 e. The van der Waals surface area contributed by atoms with E-state index in [9.17, 15) is 14.4 Å². The topological polar surface area (TPSA) is 113 Å². The highest BCUT2D eigenvalue weighted by Gasteiger charge is 2.29. The van der Waals surface area contributed by atoms with Crippen molar-refractivity contribution in [3.8, 4) is 5.69 Å². The Balaban J connectivity index is 1.36. The molecule has 0 radical (unpaired) electrons. The van der Waals surface area contributed by atoms with Gasteiger partial charge in [0.25, 0.3) is 11.5 Å². The minimum Gasteiger partial charge on any atom is -0.338 e. The van der Waals surface area contributed by atoms with E-state index in [1.165, 1.54) is 17.2 Å². The Morgan fingerprint density at radius 3 is 2.74 bits per heavy atom. The predicted molar refractivity (Wildman–Crippen MR) is 128 cm³/mol. The summed E-state index contributed by atoms with van der Waals surface area (Å²) in [5, 5.41) is 7.68. The van der Waals surface area contributed by atoms with Gasteiger partial charge in [-0.25, -0.2) is 9.67 Å². The predicted octanol–water partition coefficient (Wildman–Crippen LogP) is 2.91. The first-order chi connectivity index (χ1) is 16.5. The van der Waals surface area contributed by atoms with Gasteiger partial charge in [-0.15, -0.1) is 0 Å². The molecule has 0 bridgehead atoms. The third kappa shape index (κ3) is 4.07. The number of nitrogens with one attached hydrogen (secondary N) is 2. The fourth-order valence-corrected chi connectivity index (χ4v) is 4.29. The quantitative estimate of drug-likeness (QED) is 0.490. The number of aryl methyl sites for hydroxylation is 1. The fourth-order valence-electron chi connectivity index (χ4n) is 4.29. The molecule has 2 amide bonds. The van der Waals surface area contributed by atoms with Gasteiger partial charge in [-0.2, -0.15) is 5.10 Å². The molecule has 1 unspecified atom stereocenters. The van der Waals surface area contributed by atoms with Crippen molar-refractivity contribution in [1.29, 1.82) is 0 Å². The van der Waals surface area contributed by atoms with Crippen molar-refractivity contribution in [2.24, 2.45) is 5.92 Å². The molecule has 1 saturated heterocycles. The van der Waals surface area contributed by atoms with Crippen molar-refractivity contribution in [1.82, 2.24) is 24.6 Å². The highest BCUT2D eigenvalue weighted by molar-refractivity contribution is 5.97. The summed E-state index contributed by atoms with van der Waals surface area (Å²) in [6.07, 6.45) is 4.24. The SMILES string of the molecule is Cc1ccc(C(=O)N2CCCC(C(=O)Nc3ccccc3-n3ncc4c(=O)[nH]cnc43)C2)cc1. The van der Waals surface area contributed by atoms with Gasteiger partial charge < -0.3 is 15.2 Å². The van der Waals surface area contributed by atoms with Gasteiger partial charge in [0.1, 0.15) is 5.39 Å². The average Bonchev–Trinajstić information content (AvgIpc) is 3.30. The summed E-state index contributed by atoms with van der Waals surface area (Å²) in [7, 11) is 0. The van der Waals surface area contributed by atoms with E-state index in [0.29, 0.717) is 47.5 Å². The maximum Gasteiger partial charge on any atom is 0.261 e. The van der Waals surface area contributed by atoms with Gasteiger partial charge >= 0.3 is 0 Å². The Morgan fingerprint density at radius 1 is 1.12 bits per heavy atom. The van der Waals surface area contributed by atoms with E-state index in [4.69, 9.17) is 0 Å². The number of piperidine rings is 1. The first-order valence-electron chi connectivity index (χ1n) is 11.2. The first-order valence-corrected chi connectivity index (χ1v) is 11.2. The molecule has 0 aliphatic carbocycles. The lowest BCUT2D eigenvalue weighted by Gasteiger charge is -2.32. The molecule has 34 heavy (non-hydrogen) atoms. The molecule has 4 aromatic rings. The number of aromatic amines is 1. The number of H-pyrrole nitrogens is 1. The van der Waals surface area contributed by atoms with E-state index in [1.54, 1.807) is 17.0 Å². The van der Waals surface area contributed by atoms with Crippen LogP contribution in [0.1, 0.15) is 28.8 Å². The monoisotopic (exact) mass is 456 g/mol. The highest BCUT2D eigenvalue weighted by Crippen LogP contribution is 2.25. The normalized spacial score (nSPS) is 15.9. The molecule has 2 aromatic carbocycles. The van der Waals surface area contributed by atoms with Crippen LogP contribution in [0.15, 0.2) is 65.8 Å². The second-order valence-electron chi connectivity index (χ2n) is 8.49. The number of likely N-dealkylation sites (tertiary alicyclic amines) is 1. The van der Waals surface area contributed by atoms with Crippen LogP contribution in [0.25, 0.3) is 16.7 Å². The zero-order chi connectivity index (χ0) is 23.7. The van der Waals surface area contributed by atoms with Gasteiger partial charge in [0.2, 0.25) is 5.91 Å². The lowest BCUT2D eigenvalue weighted by Crippen LogP contribution is -2.43. The zero-order valence-electron chi connectivity index (χ0n) is 18.7. The summed E-state index contributed by atoms with van der Waals surface area (Å²) in [6.45, 7) is 2.97. The summed E-state index contributed by atoms with van der Waals surface area (Å²) >= 11 is 0. The Bertz CT molecular complexity index is 1420. The van der Waals surface area contributed by atoms with Gasteiger partial charge in [-0.3, -0.25) is 14.4 Å². The van der Waals surface area contributed by atoms with Crippen molar-refractivity contribution < 1.29 is 9.59 Å². The number of carbonyl (C=O) groups is 2. The number of hydrogen-bond donors (Lipinski definition) is 2. The summed E-state index contributed by atoms with van der Waals surface area (Å²) in [6, 6.07) is 14.7.